The van der Waals surface area contributed by atoms with E-state index >= 15 is 0 Å². The number of primary amides is 1. The molecule has 0 spiro atoms. The fraction of sp³-hybridized carbons (Fsp3) is 0.273. The van der Waals surface area contributed by atoms with Crippen molar-refractivity contribution < 1.29 is 9.35 Å². The fourth-order valence-electron chi connectivity index (χ4n) is 2.22. The van der Waals surface area contributed by atoms with Gasteiger partial charge in [0.2, 0.25) is 4.21 Å². The van der Waals surface area contributed by atoms with Gasteiger partial charge in [-0.2, -0.15) is 0 Å². The molecule has 1 aliphatic rings. The molecule has 0 saturated carbocycles. The number of thiophene rings is 1. The number of fused-ring (bicyclic) bond motifs is 3. The highest BCUT2D eigenvalue weighted by Gasteiger charge is 2.32. The predicted molar refractivity (Wildman–Crippen MR) is 73.7 cm³/mol. The van der Waals surface area contributed by atoms with E-state index in [1.54, 1.807) is 6.26 Å². The van der Waals surface area contributed by atoms with Crippen LogP contribution in [0.5, 0.6) is 0 Å². The molecular weight excluding hydrogens is 288 g/mol. The molecule has 0 aromatic carbocycles. The summed E-state index contributed by atoms with van der Waals surface area (Å²) in [7, 11) is 0. The lowest BCUT2D eigenvalue weighted by atomic mass is 9.93. The molecule has 4 nitrogen and oxygen atoms in total. The van der Waals surface area contributed by atoms with Gasteiger partial charge in [-0.3, -0.25) is 4.79 Å². The number of nitrogens with zero attached hydrogens (tertiary/aromatic N) is 1. The second kappa shape index (κ2) is 4.34. The van der Waals surface area contributed by atoms with Crippen molar-refractivity contribution in [1.29, 1.82) is 0 Å². The zero-order chi connectivity index (χ0) is 12.9. The number of amides is 1. The summed E-state index contributed by atoms with van der Waals surface area (Å²) in [6, 6.07) is 0. The Morgan fingerprint density at radius 3 is 3.00 bits per heavy atom. The normalized spacial score (nSPS) is 15.0. The number of aromatic nitrogens is 1. The molecular formula is C11H10N2O2S3. The largest absolute Gasteiger partial charge is 0.611 e. The molecule has 0 saturated heterocycles. The minimum atomic E-state index is -1.12. The highest BCUT2D eigenvalue weighted by molar-refractivity contribution is 7.93. The molecule has 2 N–H and O–H groups in total. The number of carbonyl (C=O) groups is 1. The summed E-state index contributed by atoms with van der Waals surface area (Å²) in [6.07, 6.45) is 5.12. The fourth-order valence-corrected chi connectivity index (χ4v) is 5.39. The van der Waals surface area contributed by atoms with Crippen molar-refractivity contribution in [3.63, 3.8) is 0 Å². The molecule has 0 aliphatic heterocycles. The van der Waals surface area contributed by atoms with Crippen LogP contribution in [0.2, 0.25) is 0 Å². The van der Waals surface area contributed by atoms with Gasteiger partial charge in [0.25, 0.3) is 5.91 Å². The van der Waals surface area contributed by atoms with E-state index in [1.165, 1.54) is 28.4 Å². The Balaban J connectivity index is 2.30. The van der Waals surface area contributed by atoms with Crippen molar-refractivity contribution in [2.24, 2.45) is 5.73 Å². The van der Waals surface area contributed by atoms with E-state index in [9.17, 15) is 9.35 Å². The summed E-state index contributed by atoms with van der Waals surface area (Å²) in [5.74, 6) is -0.430. The molecule has 3 rings (SSSR count). The summed E-state index contributed by atoms with van der Waals surface area (Å²) in [5.41, 5.74) is 8.48. The zero-order valence-corrected chi connectivity index (χ0v) is 12.0. The minimum Gasteiger partial charge on any atom is -0.611 e. The third-order valence-corrected chi connectivity index (χ3v) is 6.56. The summed E-state index contributed by atoms with van der Waals surface area (Å²) in [6.45, 7) is 0. The number of hydrogen-bond acceptors (Lipinski definition) is 5. The average Bonchev–Trinajstić information content (AvgIpc) is 2.91. The lowest BCUT2D eigenvalue weighted by Gasteiger charge is -2.13. The van der Waals surface area contributed by atoms with E-state index in [-0.39, 0.29) is 0 Å². The number of carbonyl (C=O) groups excluding carboxylic acids is 1. The molecule has 2 aromatic heterocycles. The van der Waals surface area contributed by atoms with Gasteiger partial charge in [-0.15, -0.1) is 0 Å². The van der Waals surface area contributed by atoms with Crippen LogP contribution >= 0.6 is 22.9 Å². The zero-order valence-electron chi connectivity index (χ0n) is 9.56. The Hall–Kier alpha value is -0.890. The van der Waals surface area contributed by atoms with E-state index in [1.807, 2.05) is 6.20 Å². The number of aryl methyl sites for hydroxylation is 1. The van der Waals surface area contributed by atoms with E-state index in [4.69, 9.17) is 5.73 Å². The summed E-state index contributed by atoms with van der Waals surface area (Å²) < 4.78 is 16.8. The van der Waals surface area contributed by atoms with Crippen LogP contribution in [0.3, 0.4) is 0 Å². The van der Waals surface area contributed by atoms with Gasteiger partial charge in [-0.25, -0.2) is 4.37 Å². The number of rotatable bonds is 2. The van der Waals surface area contributed by atoms with Crippen molar-refractivity contribution in [2.75, 3.05) is 6.26 Å². The Bertz CT molecular complexity index is 630. The quantitative estimate of drug-likeness (QED) is 0.859. The average molecular weight is 298 g/mol. The van der Waals surface area contributed by atoms with Crippen molar-refractivity contribution in [3.8, 4) is 10.4 Å². The van der Waals surface area contributed by atoms with Gasteiger partial charge in [0.1, 0.15) is 11.1 Å². The van der Waals surface area contributed by atoms with Crippen LogP contribution < -0.4 is 5.73 Å². The maximum Gasteiger partial charge on any atom is 0.259 e. The second-order valence-corrected chi connectivity index (χ2v) is 7.47. The lowest BCUT2D eigenvalue weighted by molar-refractivity contribution is 0.100. The van der Waals surface area contributed by atoms with Crippen LogP contribution in [0, 0.1) is 0 Å². The molecule has 0 bridgehead atoms. The smallest absolute Gasteiger partial charge is 0.259 e. The third-order valence-electron chi connectivity index (χ3n) is 2.98. The van der Waals surface area contributed by atoms with Gasteiger partial charge in [0, 0.05) is 6.20 Å². The third kappa shape index (κ3) is 1.70. The van der Waals surface area contributed by atoms with Gasteiger partial charge in [0.05, 0.1) is 10.4 Å². The van der Waals surface area contributed by atoms with Crippen LogP contribution in [0.25, 0.3) is 10.4 Å². The first kappa shape index (κ1) is 12.2. The van der Waals surface area contributed by atoms with E-state index in [2.05, 4.69) is 4.37 Å². The van der Waals surface area contributed by atoms with Crippen molar-refractivity contribution in [1.82, 2.24) is 4.37 Å². The first-order chi connectivity index (χ1) is 8.59. The minimum absolute atomic E-state index is 0.430. The van der Waals surface area contributed by atoms with Crippen LogP contribution in [-0.4, -0.2) is 21.1 Å². The van der Waals surface area contributed by atoms with Gasteiger partial charge in [-0.05, 0) is 46.7 Å². The van der Waals surface area contributed by atoms with E-state index in [0.717, 1.165) is 33.1 Å². The van der Waals surface area contributed by atoms with Crippen LogP contribution in [-0.2, 0) is 24.0 Å². The van der Waals surface area contributed by atoms with Crippen molar-refractivity contribution in [3.05, 3.63) is 22.2 Å². The molecule has 0 fully saturated rings. The standard InChI is InChI=1S/C11H10N2O2S3/c1-18(15)11-7-6(9(16-11)10(12)14)3-2-5-4-13-17-8(5)7/h4H,2-3H2,1H3,(H2,12,14). The first-order valence-electron chi connectivity index (χ1n) is 5.32. The maximum absolute atomic E-state index is 11.8. The molecule has 94 valence electrons. The van der Waals surface area contributed by atoms with E-state index in [0.29, 0.717) is 4.88 Å². The number of nitrogens with two attached hydrogens (primary N) is 1. The van der Waals surface area contributed by atoms with Crippen molar-refractivity contribution in [2.45, 2.75) is 17.1 Å². The molecule has 0 radical (unpaired) electrons. The molecule has 18 heavy (non-hydrogen) atoms. The van der Waals surface area contributed by atoms with Crippen LogP contribution in [0.15, 0.2) is 10.4 Å². The SMILES string of the molecule is C[S+]([O-])c1sc(C(N)=O)c2c1-c1sncc1CC2. The van der Waals surface area contributed by atoms with Crippen molar-refractivity contribution >= 4 is 40.0 Å². The Kier molecular flexibility index (Phi) is 2.93. The Morgan fingerprint density at radius 1 is 1.56 bits per heavy atom. The monoisotopic (exact) mass is 298 g/mol. The molecule has 2 heterocycles. The molecule has 1 atom stereocenters. The van der Waals surface area contributed by atoms with Gasteiger partial charge < -0.3 is 10.3 Å². The summed E-state index contributed by atoms with van der Waals surface area (Å²) >= 11 is 1.54. The highest BCUT2D eigenvalue weighted by Crippen LogP contribution is 2.46. The molecule has 1 aliphatic carbocycles. The molecule has 2 aromatic rings. The summed E-state index contributed by atoms with van der Waals surface area (Å²) in [5, 5.41) is 0. The molecule has 1 amide bonds. The molecule has 7 heteroatoms. The van der Waals surface area contributed by atoms with Gasteiger partial charge in [0.15, 0.2) is 0 Å². The predicted octanol–water partition coefficient (Wildman–Crippen LogP) is 1.81. The first-order valence-corrected chi connectivity index (χ1v) is 8.47. The van der Waals surface area contributed by atoms with Gasteiger partial charge in [-0.1, -0.05) is 11.3 Å². The Labute approximate surface area is 115 Å². The van der Waals surface area contributed by atoms with Crippen LogP contribution in [0.1, 0.15) is 20.8 Å². The van der Waals surface area contributed by atoms with Gasteiger partial charge >= 0.3 is 0 Å². The topological polar surface area (TPSA) is 79.0 Å². The highest BCUT2D eigenvalue weighted by atomic mass is 32.2. The summed E-state index contributed by atoms with van der Waals surface area (Å²) in [4.78, 5) is 13.1. The van der Waals surface area contributed by atoms with E-state index < -0.39 is 17.1 Å². The lowest BCUT2D eigenvalue weighted by Crippen LogP contribution is -2.13. The Morgan fingerprint density at radius 2 is 2.33 bits per heavy atom. The van der Waals surface area contributed by atoms with Crippen LogP contribution in [0.4, 0.5) is 0 Å². The maximum atomic E-state index is 11.8. The molecule has 1 unspecified atom stereocenters. The number of hydrogen-bond donors (Lipinski definition) is 1. The second-order valence-electron chi connectivity index (χ2n) is 4.07.